The van der Waals surface area contributed by atoms with Crippen molar-refractivity contribution >= 4 is 11.4 Å². The van der Waals surface area contributed by atoms with E-state index in [-0.39, 0.29) is 0 Å². The maximum Gasteiger partial charge on any atom is 0.0430 e. The van der Waals surface area contributed by atoms with Gasteiger partial charge < -0.3 is 10.6 Å². The molecule has 0 saturated carbocycles. The van der Waals surface area contributed by atoms with E-state index in [1.165, 1.54) is 11.3 Å². The molecule has 3 heteroatoms. The highest BCUT2D eigenvalue weighted by Gasteiger charge is 2.04. The Balaban J connectivity index is 2.14. The summed E-state index contributed by atoms with van der Waals surface area (Å²) in [6.07, 6.45) is 3.65. The minimum absolute atomic E-state index is 0.800. The molecule has 1 heterocycles. The molecule has 3 nitrogen and oxygen atoms in total. The average Bonchev–Trinajstić information content (AvgIpc) is 2.38. The van der Waals surface area contributed by atoms with Crippen LogP contribution in [0.15, 0.2) is 48.8 Å². The zero-order chi connectivity index (χ0) is 12.1. The molecule has 2 rings (SSSR count). The summed E-state index contributed by atoms with van der Waals surface area (Å²) < 4.78 is 0. The highest BCUT2D eigenvalue weighted by molar-refractivity contribution is 5.53. The fraction of sp³-hybridized carbons (Fsp3) is 0.214. The lowest BCUT2D eigenvalue weighted by Gasteiger charge is -2.23. The highest BCUT2D eigenvalue weighted by Crippen LogP contribution is 2.18. The smallest absolute Gasteiger partial charge is 0.0430 e. The maximum absolute atomic E-state index is 5.69. The lowest BCUT2D eigenvalue weighted by atomic mass is 10.2. The van der Waals surface area contributed by atoms with Crippen molar-refractivity contribution in [3.05, 3.63) is 54.4 Å². The van der Waals surface area contributed by atoms with Gasteiger partial charge in [-0.2, -0.15) is 0 Å². The summed E-state index contributed by atoms with van der Waals surface area (Å²) >= 11 is 0. The van der Waals surface area contributed by atoms with E-state index in [2.05, 4.69) is 28.9 Å². The van der Waals surface area contributed by atoms with Gasteiger partial charge in [-0.1, -0.05) is 0 Å². The van der Waals surface area contributed by atoms with Crippen LogP contribution in [-0.4, -0.2) is 11.5 Å². The molecule has 0 radical (unpaired) electrons. The Labute approximate surface area is 102 Å². The van der Waals surface area contributed by atoms with Gasteiger partial charge in [0.05, 0.1) is 0 Å². The van der Waals surface area contributed by atoms with Gasteiger partial charge in [0.2, 0.25) is 0 Å². The van der Waals surface area contributed by atoms with E-state index in [1.807, 2.05) is 36.7 Å². The zero-order valence-corrected chi connectivity index (χ0v) is 10.0. The minimum atomic E-state index is 0.800. The van der Waals surface area contributed by atoms with Crippen LogP contribution < -0.4 is 10.6 Å². The Hall–Kier alpha value is -2.03. The number of nitrogens with zero attached hydrogens (tertiary/aromatic N) is 2. The molecule has 1 aromatic heterocycles. The van der Waals surface area contributed by atoms with Crippen LogP contribution in [0.5, 0.6) is 0 Å². The van der Waals surface area contributed by atoms with Gasteiger partial charge in [-0.05, 0) is 48.9 Å². The second-order valence-electron chi connectivity index (χ2n) is 3.96. The molecule has 2 aromatic rings. The lowest BCUT2D eigenvalue weighted by molar-refractivity contribution is 0.830. The number of nitrogens with two attached hydrogens (primary N) is 1. The fourth-order valence-electron chi connectivity index (χ4n) is 1.78. The number of benzene rings is 1. The maximum atomic E-state index is 5.69. The van der Waals surface area contributed by atoms with E-state index < -0.39 is 0 Å². The Bertz CT molecular complexity index is 451. The summed E-state index contributed by atoms with van der Waals surface area (Å²) in [5, 5.41) is 0. The van der Waals surface area contributed by atoms with Gasteiger partial charge in [0.1, 0.15) is 0 Å². The van der Waals surface area contributed by atoms with Crippen LogP contribution in [0.3, 0.4) is 0 Å². The molecule has 0 unspecified atom stereocenters. The molecular formula is C14H17N3. The molecule has 0 spiro atoms. The predicted molar refractivity (Wildman–Crippen MR) is 71.8 cm³/mol. The summed E-state index contributed by atoms with van der Waals surface area (Å²) in [7, 11) is 0. The summed E-state index contributed by atoms with van der Waals surface area (Å²) in [5.74, 6) is 0. The number of hydrogen-bond acceptors (Lipinski definition) is 3. The zero-order valence-electron chi connectivity index (χ0n) is 10.0. The second-order valence-corrected chi connectivity index (χ2v) is 3.96. The van der Waals surface area contributed by atoms with Gasteiger partial charge in [0, 0.05) is 36.9 Å². The van der Waals surface area contributed by atoms with E-state index in [0.717, 1.165) is 18.8 Å². The number of aromatic nitrogens is 1. The van der Waals surface area contributed by atoms with Crippen molar-refractivity contribution < 1.29 is 0 Å². The van der Waals surface area contributed by atoms with E-state index in [0.29, 0.717) is 0 Å². The minimum Gasteiger partial charge on any atom is -0.399 e. The normalized spacial score (nSPS) is 10.2. The number of pyridine rings is 1. The van der Waals surface area contributed by atoms with E-state index in [9.17, 15) is 0 Å². The van der Waals surface area contributed by atoms with Crippen molar-refractivity contribution in [2.24, 2.45) is 0 Å². The van der Waals surface area contributed by atoms with Crippen LogP contribution in [-0.2, 0) is 6.54 Å². The standard InChI is InChI=1S/C14H17N3/c1-2-17(11-12-7-9-16-10-8-12)14-5-3-13(15)4-6-14/h3-10H,2,11,15H2,1H3. The molecule has 1 aromatic carbocycles. The van der Waals surface area contributed by atoms with Crippen molar-refractivity contribution in [3.63, 3.8) is 0 Å². The molecule has 0 bridgehead atoms. The summed E-state index contributed by atoms with van der Waals surface area (Å²) in [4.78, 5) is 6.33. The third kappa shape index (κ3) is 2.97. The van der Waals surface area contributed by atoms with E-state index in [4.69, 9.17) is 5.73 Å². The molecule has 0 fully saturated rings. The Morgan fingerprint density at radius 1 is 1.06 bits per heavy atom. The summed E-state index contributed by atoms with van der Waals surface area (Å²) in [6.45, 7) is 4.01. The molecule has 88 valence electrons. The van der Waals surface area contributed by atoms with Gasteiger partial charge in [0.15, 0.2) is 0 Å². The molecule has 2 N–H and O–H groups in total. The van der Waals surface area contributed by atoms with Crippen molar-refractivity contribution in [1.82, 2.24) is 4.98 Å². The van der Waals surface area contributed by atoms with Gasteiger partial charge in [-0.3, -0.25) is 4.98 Å². The number of nitrogen functional groups attached to an aromatic ring is 1. The van der Waals surface area contributed by atoms with Crippen LogP contribution in [0.25, 0.3) is 0 Å². The lowest BCUT2D eigenvalue weighted by Crippen LogP contribution is -2.21. The van der Waals surface area contributed by atoms with Gasteiger partial charge in [-0.15, -0.1) is 0 Å². The first-order chi connectivity index (χ1) is 8.29. The average molecular weight is 227 g/mol. The van der Waals surface area contributed by atoms with Gasteiger partial charge >= 0.3 is 0 Å². The molecule has 0 aliphatic carbocycles. The van der Waals surface area contributed by atoms with E-state index in [1.54, 1.807) is 0 Å². The molecule has 17 heavy (non-hydrogen) atoms. The first-order valence-corrected chi connectivity index (χ1v) is 5.79. The first kappa shape index (κ1) is 11.5. The molecule has 0 aliphatic rings. The molecule has 0 saturated heterocycles. The molecular weight excluding hydrogens is 210 g/mol. The largest absolute Gasteiger partial charge is 0.399 e. The topological polar surface area (TPSA) is 42.2 Å². The van der Waals surface area contributed by atoms with Crippen molar-refractivity contribution in [2.45, 2.75) is 13.5 Å². The van der Waals surface area contributed by atoms with Crippen LogP contribution in [0, 0.1) is 0 Å². The third-order valence-electron chi connectivity index (χ3n) is 2.76. The first-order valence-electron chi connectivity index (χ1n) is 5.79. The van der Waals surface area contributed by atoms with Gasteiger partial charge in [-0.25, -0.2) is 0 Å². The number of anilines is 2. The quantitative estimate of drug-likeness (QED) is 0.816. The number of hydrogen-bond donors (Lipinski definition) is 1. The van der Waals surface area contributed by atoms with Crippen LogP contribution in [0.2, 0.25) is 0 Å². The van der Waals surface area contributed by atoms with Crippen LogP contribution in [0.4, 0.5) is 11.4 Å². The monoisotopic (exact) mass is 227 g/mol. The van der Waals surface area contributed by atoms with Gasteiger partial charge in [0.25, 0.3) is 0 Å². The Kier molecular flexibility index (Phi) is 3.60. The van der Waals surface area contributed by atoms with E-state index >= 15 is 0 Å². The van der Waals surface area contributed by atoms with Crippen molar-refractivity contribution in [1.29, 1.82) is 0 Å². The van der Waals surface area contributed by atoms with Crippen molar-refractivity contribution in [2.75, 3.05) is 17.2 Å². The Morgan fingerprint density at radius 2 is 1.71 bits per heavy atom. The molecule has 0 amide bonds. The SMILES string of the molecule is CCN(Cc1ccncc1)c1ccc(N)cc1. The van der Waals surface area contributed by atoms with Crippen LogP contribution in [0.1, 0.15) is 12.5 Å². The van der Waals surface area contributed by atoms with Crippen LogP contribution >= 0.6 is 0 Å². The highest BCUT2D eigenvalue weighted by atomic mass is 15.1. The number of rotatable bonds is 4. The predicted octanol–water partition coefficient (Wildman–Crippen LogP) is 2.69. The molecule has 0 aliphatic heterocycles. The fourth-order valence-corrected chi connectivity index (χ4v) is 1.78. The Morgan fingerprint density at radius 3 is 2.29 bits per heavy atom. The van der Waals surface area contributed by atoms with Crippen molar-refractivity contribution in [3.8, 4) is 0 Å². The summed E-state index contributed by atoms with van der Waals surface area (Å²) in [5.41, 5.74) is 8.95. The third-order valence-corrected chi connectivity index (χ3v) is 2.76. The summed E-state index contributed by atoms with van der Waals surface area (Å²) in [6, 6.07) is 12.1. The molecule has 0 atom stereocenters. The second kappa shape index (κ2) is 5.34.